The Hall–Kier alpha value is -3.24. The summed E-state index contributed by atoms with van der Waals surface area (Å²) in [4.78, 5) is 0. The molecule has 0 atom stereocenters. The van der Waals surface area contributed by atoms with E-state index in [0.29, 0.717) is 0 Å². The van der Waals surface area contributed by atoms with Crippen molar-refractivity contribution in [2.75, 3.05) is 0 Å². The summed E-state index contributed by atoms with van der Waals surface area (Å²) in [6.45, 7) is 0. The summed E-state index contributed by atoms with van der Waals surface area (Å²) < 4.78 is 3.56. The van der Waals surface area contributed by atoms with Crippen molar-refractivity contribution in [3.63, 3.8) is 0 Å². The van der Waals surface area contributed by atoms with Crippen molar-refractivity contribution in [2.24, 2.45) is 0 Å². The van der Waals surface area contributed by atoms with E-state index in [4.69, 9.17) is 0 Å². The van der Waals surface area contributed by atoms with Crippen LogP contribution in [-0.4, -0.2) is 14.8 Å². The van der Waals surface area contributed by atoms with E-state index in [0.717, 1.165) is 22.1 Å². The molecule has 0 fully saturated rings. The lowest BCUT2D eigenvalue weighted by atomic mass is 10.1. The minimum Gasteiger partial charge on any atom is -0.292 e. The standard InChI is InChI=1S/C22H13N3S/c1-2-6-15-14(5-1)13-23-24-22(15)25-18-8-4-3-7-16(18)21-17-11-12-26-20(17)10-9-19(21)25/h1-13H. The lowest BCUT2D eigenvalue weighted by Crippen LogP contribution is -2.00. The molecule has 0 N–H and O–H groups in total. The molecular weight excluding hydrogens is 338 g/mol. The molecule has 6 aromatic rings. The van der Waals surface area contributed by atoms with Crippen molar-refractivity contribution in [1.82, 2.24) is 14.8 Å². The van der Waals surface area contributed by atoms with Crippen LogP contribution in [0.25, 0.3) is 48.5 Å². The number of thiophene rings is 1. The molecular formula is C22H13N3S. The first-order chi connectivity index (χ1) is 12.9. The summed E-state index contributed by atoms with van der Waals surface area (Å²) in [5.74, 6) is 0.879. The molecule has 3 heterocycles. The molecule has 0 spiro atoms. The smallest absolute Gasteiger partial charge is 0.168 e. The van der Waals surface area contributed by atoms with Gasteiger partial charge in [-0.3, -0.25) is 4.57 Å². The molecule has 0 aliphatic rings. The van der Waals surface area contributed by atoms with Crippen molar-refractivity contribution in [1.29, 1.82) is 0 Å². The van der Waals surface area contributed by atoms with Crippen LogP contribution in [0.5, 0.6) is 0 Å². The van der Waals surface area contributed by atoms with Gasteiger partial charge in [0, 0.05) is 31.6 Å². The molecule has 0 saturated carbocycles. The van der Waals surface area contributed by atoms with Crippen LogP contribution in [-0.2, 0) is 0 Å². The van der Waals surface area contributed by atoms with Gasteiger partial charge in [-0.05, 0) is 29.6 Å². The number of benzene rings is 3. The maximum absolute atomic E-state index is 4.53. The lowest BCUT2D eigenvalue weighted by molar-refractivity contribution is 0.972. The van der Waals surface area contributed by atoms with Gasteiger partial charge in [0.05, 0.1) is 17.2 Å². The average molecular weight is 351 g/mol. The fourth-order valence-electron chi connectivity index (χ4n) is 3.92. The molecule has 122 valence electrons. The Morgan fingerprint density at radius 1 is 0.731 bits per heavy atom. The Morgan fingerprint density at radius 2 is 1.58 bits per heavy atom. The predicted octanol–water partition coefficient (Wildman–Crippen LogP) is 5.94. The van der Waals surface area contributed by atoms with Crippen LogP contribution in [0.4, 0.5) is 0 Å². The van der Waals surface area contributed by atoms with Crippen LogP contribution in [0.2, 0.25) is 0 Å². The predicted molar refractivity (Wildman–Crippen MR) is 109 cm³/mol. The summed E-state index contributed by atoms with van der Waals surface area (Å²) in [6.07, 6.45) is 1.82. The van der Waals surface area contributed by atoms with E-state index >= 15 is 0 Å². The molecule has 3 nitrogen and oxygen atoms in total. The van der Waals surface area contributed by atoms with E-state index in [9.17, 15) is 0 Å². The Morgan fingerprint density at radius 3 is 2.54 bits per heavy atom. The minimum atomic E-state index is 0.879. The fourth-order valence-corrected chi connectivity index (χ4v) is 4.71. The molecule has 0 aliphatic heterocycles. The van der Waals surface area contributed by atoms with Crippen molar-refractivity contribution in [3.8, 4) is 5.82 Å². The summed E-state index contributed by atoms with van der Waals surface area (Å²) in [5.41, 5.74) is 2.33. The van der Waals surface area contributed by atoms with Crippen molar-refractivity contribution >= 4 is 54.0 Å². The zero-order valence-electron chi connectivity index (χ0n) is 13.8. The summed E-state index contributed by atoms with van der Waals surface area (Å²) in [6, 6.07) is 23.5. The van der Waals surface area contributed by atoms with Crippen molar-refractivity contribution < 1.29 is 0 Å². The largest absolute Gasteiger partial charge is 0.292 e. The van der Waals surface area contributed by atoms with Crippen LogP contribution in [0.3, 0.4) is 0 Å². The van der Waals surface area contributed by atoms with E-state index < -0.39 is 0 Å². The first-order valence-corrected chi connectivity index (χ1v) is 9.40. The third-order valence-corrected chi connectivity index (χ3v) is 5.91. The zero-order chi connectivity index (χ0) is 17.1. The average Bonchev–Trinajstić information content (AvgIpc) is 3.29. The van der Waals surface area contributed by atoms with Crippen LogP contribution in [0, 0.1) is 0 Å². The van der Waals surface area contributed by atoms with Gasteiger partial charge in [0.25, 0.3) is 0 Å². The van der Waals surface area contributed by atoms with Crippen LogP contribution in [0.15, 0.2) is 78.3 Å². The molecule has 0 saturated heterocycles. The van der Waals surface area contributed by atoms with Gasteiger partial charge in [-0.1, -0.05) is 42.5 Å². The Labute approximate surface area is 153 Å². The first-order valence-electron chi connectivity index (χ1n) is 8.52. The summed E-state index contributed by atoms with van der Waals surface area (Å²) >= 11 is 1.78. The van der Waals surface area contributed by atoms with Crippen molar-refractivity contribution in [3.05, 3.63) is 78.3 Å². The molecule has 0 bridgehead atoms. The monoisotopic (exact) mass is 351 g/mol. The maximum Gasteiger partial charge on any atom is 0.168 e. The molecule has 0 radical (unpaired) electrons. The van der Waals surface area contributed by atoms with Gasteiger partial charge in [-0.2, -0.15) is 5.10 Å². The highest BCUT2D eigenvalue weighted by atomic mass is 32.1. The minimum absolute atomic E-state index is 0.879. The number of rotatable bonds is 1. The van der Waals surface area contributed by atoms with Gasteiger partial charge >= 0.3 is 0 Å². The topological polar surface area (TPSA) is 30.7 Å². The molecule has 6 rings (SSSR count). The number of aromatic nitrogens is 3. The number of hydrogen-bond donors (Lipinski definition) is 0. The van der Waals surface area contributed by atoms with Gasteiger partial charge in [-0.25, -0.2) is 0 Å². The second-order valence-corrected chi connectivity index (χ2v) is 7.35. The summed E-state index contributed by atoms with van der Waals surface area (Å²) in [7, 11) is 0. The molecule has 0 aliphatic carbocycles. The second-order valence-electron chi connectivity index (χ2n) is 6.40. The maximum atomic E-state index is 4.53. The first kappa shape index (κ1) is 14.0. The van der Waals surface area contributed by atoms with E-state index in [1.54, 1.807) is 11.3 Å². The Balaban J connectivity index is 1.89. The Kier molecular flexibility index (Phi) is 2.76. The Bertz CT molecular complexity index is 1440. The molecule has 4 heteroatoms. The SMILES string of the molecule is c1ccc2c(-n3c4ccccc4c4c5ccsc5ccc43)nncc2c1. The molecule has 26 heavy (non-hydrogen) atoms. The van der Waals surface area contributed by atoms with Crippen LogP contribution >= 0.6 is 11.3 Å². The normalized spacial score (nSPS) is 11.8. The second kappa shape index (κ2) is 5.13. The lowest BCUT2D eigenvalue weighted by Gasteiger charge is -2.09. The third-order valence-electron chi connectivity index (χ3n) is 5.03. The highest BCUT2D eigenvalue weighted by Gasteiger charge is 2.17. The van der Waals surface area contributed by atoms with Crippen molar-refractivity contribution in [2.45, 2.75) is 0 Å². The van der Waals surface area contributed by atoms with Gasteiger partial charge < -0.3 is 0 Å². The molecule has 0 amide bonds. The van der Waals surface area contributed by atoms with Crippen LogP contribution < -0.4 is 0 Å². The van der Waals surface area contributed by atoms with Crippen LogP contribution in [0.1, 0.15) is 0 Å². The molecule has 3 aromatic heterocycles. The number of para-hydroxylation sites is 1. The number of fused-ring (bicyclic) bond motifs is 6. The van der Waals surface area contributed by atoms with E-state index in [1.807, 2.05) is 12.3 Å². The van der Waals surface area contributed by atoms with E-state index in [1.165, 1.54) is 26.4 Å². The van der Waals surface area contributed by atoms with E-state index in [2.05, 4.69) is 80.8 Å². The van der Waals surface area contributed by atoms with E-state index in [-0.39, 0.29) is 0 Å². The van der Waals surface area contributed by atoms with Gasteiger partial charge in [0.15, 0.2) is 5.82 Å². The quantitative estimate of drug-likeness (QED) is 0.367. The highest BCUT2D eigenvalue weighted by Crippen LogP contribution is 2.38. The van der Waals surface area contributed by atoms with Gasteiger partial charge in [-0.15, -0.1) is 16.4 Å². The third kappa shape index (κ3) is 1.77. The number of nitrogens with zero attached hydrogens (tertiary/aromatic N) is 3. The highest BCUT2D eigenvalue weighted by molar-refractivity contribution is 7.17. The summed E-state index contributed by atoms with van der Waals surface area (Å²) in [5, 5.41) is 17.0. The fraction of sp³-hybridized carbons (Fsp3) is 0. The number of hydrogen-bond acceptors (Lipinski definition) is 3. The van der Waals surface area contributed by atoms with Gasteiger partial charge in [0.1, 0.15) is 0 Å². The molecule has 0 unspecified atom stereocenters. The zero-order valence-corrected chi connectivity index (χ0v) is 14.6. The molecule has 3 aromatic carbocycles. The van der Waals surface area contributed by atoms with Gasteiger partial charge in [0.2, 0.25) is 0 Å².